The lowest BCUT2D eigenvalue weighted by Gasteiger charge is -2.21. The van der Waals surface area contributed by atoms with Gasteiger partial charge < -0.3 is 0 Å². The highest BCUT2D eigenvalue weighted by atomic mass is 79.9. The van der Waals surface area contributed by atoms with Crippen molar-refractivity contribution in [2.24, 2.45) is 0 Å². The van der Waals surface area contributed by atoms with Gasteiger partial charge in [0.15, 0.2) is 5.78 Å². The van der Waals surface area contributed by atoms with Crippen LogP contribution in [0.3, 0.4) is 0 Å². The maximum Gasteiger partial charge on any atom is 0.193 e. The summed E-state index contributed by atoms with van der Waals surface area (Å²) in [6.45, 7) is 6.48. The fourth-order valence-corrected chi connectivity index (χ4v) is 2.99. The summed E-state index contributed by atoms with van der Waals surface area (Å²) < 4.78 is 0.988. The SMILES string of the molecule is CC(C)(C)c1ccc(C(=O)c2ccccc2)cc1Br. The van der Waals surface area contributed by atoms with Crippen molar-refractivity contribution >= 4 is 21.7 Å². The van der Waals surface area contributed by atoms with Gasteiger partial charge >= 0.3 is 0 Å². The molecule has 0 aromatic heterocycles. The number of hydrogen-bond donors (Lipinski definition) is 0. The van der Waals surface area contributed by atoms with E-state index in [9.17, 15) is 4.79 Å². The normalized spacial score (nSPS) is 11.4. The van der Waals surface area contributed by atoms with Crippen molar-refractivity contribution in [3.05, 3.63) is 69.7 Å². The molecule has 0 amide bonds. The van der Waals surface area contributed by atoms with Crippen LogP contribution < -0.4 is 0 Å². The summed E-state index contributed by atoms with van der Waals surface area (Å²) in [6.07, 6.45) is 0. The minimum Gasteiger partial charge on any atom is -0.289 e. The van der Waals surface area contributed by atoms with E-state index in [2.05, 4.69) is 36.7 Å². The van der Waals surface area contributed by atoms with E-state index in [0.717, 1.165) is 10.0 Å². The first-order valence-corrected chi connectivity index (χ1v) is 7.08. The average Bonchev–Trinajstić information content (AvgIpc) is 2.37. The van der Waals surface area contributed by atoms with E-state index < -0.39 is 0 Å². The van der Waals surface area contributed by atoms with Gasteiger partial charge in [0, 0.05) is 15.6 Å². The molecule has 2 heteroatoms. The van der Waals surface area contributed by atoms with Crippen LogP contribution in [0.4, 0.5) is 0 Å². The van der Waals surface area contributed by atoms with Gasteiger partial charge in [-0.3, -0.25) is 4.79 Å². The lowest BCUT2D eigenvalue weighted by Crippen LogP contribution is -2.12. The van der Waals surface area contributed by atoms with Crippen LogP contribution in [0.25, 0.3) is 0 Å². The Balaban J connectivity index is 2.38. The zero-order valence-corrected chi connectivity index (χ0v) is 13.0. The summed E-state index contributed by atoms with van der Waals surface area (Å²) in [5, 5.41) is 0. The number of halogens is 1. The third-order valence-electron chi connectivity index (χ3n) is 3.08. The van der Waals surface area contributed by atoms with Crippen molar-refractivity contribution in [2.75, 3.05) is 0 Å². The monoisotopic (exact) mass is 316 g/mol. The molecule has 2 rings (SSSR count). The Morgan fingerprint density at radius 1 is 0.947 bits per heavy atom. The largest absolute Gasteiger partial charge is 0.289 e. The third kappa shape index (κ3) is 3.13. The molecular weight excluding hydrogens is 300 g/mol. The van der Waals surface area contributed by atoms with Crippen LogP contribution in [-0.4, -0.2) is 5.78 Å². The Labute approximate surface area is 122 Å². The lowest BCUT2D eigenvalue weighted by atomic mass is 9.86. The van der Waals surface area contributed by atoms with Crippen LogP contribution in [-0.2, 0) is 5.41 Å². The van der Waals surface area contributed by atoms with E-state index in [-0.39, 0.29) is 11.2 Å². The Morgan fingerprint density at radius 3 is 2.11 bits per heavy atom. The molecule has 0 N–H and O–H groups in total. The van der Waals surface area contributed by atoms with E-state index in [4.69, 9.17) is 0 Å². The van der Waals surface area contributed by atoms with Crippen molar-refractivity contribution in [3.8, 4) is 0 Å². The second kappa shape index (κ2) is 5.30. The minimum atomic E-state index is 0.0572. The lowest BCUT2D eigenvalue weighted by molar-refractivity contribution is 0.103. The highest BCUT2D eigenvalue weighted by molar-refractivity contribution is 9.10. The highest BCUT2D eigenvalue weighted by Gasteiger charge is 2.18. The van der Waals surface area contributed by atoms with Crippen molar-refractivity contribution in [1.82, 2.24) is 0 Å². The zero-order chi connectivity index (χ0) is 14.0. The summed E-state index contributed by atoms with van der Waals surface area (Å²) in [7, 11) is 0. The topological polar surface area (TPSA) is 17.1 Å². The second-order valence-corrected chi connectivity index (χ2v) is 6.49. The molecule has 0 heterocycles. The first-order chi connectivity index (χ1) is 8.89. The quantitative estimate of drug-likeness (QED) is 0.714. The molecule has 0 fully saturated rings. The molecule has 0 aliphatic heterocycles. The van der Waals surface area contributed by atoms with Crippen molar-refractivity contribution in [1.29, 1.82) is 0 Å². The van der Waals surface area contributed by atoms with Gasteiger partial charge in [-0.15, -0.1) is 0 Å². The van der Waals surface area contributed by atoms with Gasteiger partial charge in [0.25, 0.3) is 0 Å². The first-order valence-electron chi connectivity index (χ1n) is 6.29. The van der Waals surface area contributed by atoms with E-state index >= 15 is 0 Å². The number of benzene rings is 2. The summed E-state index contributed by atoms with van der Waals surface area (Å²) in [5.74, 6) is 0.0572. The van der Waals surface area contributed by atoms with Gasteiger partial charge in [-0.2, -0.15) is 0 Å². The molecule has 2 aromatic carbocycles. The van der Waals surface area contributed by atoms with Gasteiger partial charge in [0.05, 0.1) is 0 Å². The molecule has 0 aliphatic rings. The molecule has 0 atom stereocenters. The van der Waals surface area contributed by atoms with Crippen molar-refractivity contribution < 1.29 is 4.79 Å². The van der Waals surface area contributed by atoms with Gasteiger partial charge in [0.1, 0.15) is 0 Å². The fraction of sp³-hybridized carbons (Fsp3) is 0.235. The van der Waals surface area contributed by atoms with Gasteiger partial charge in [-0.05, 0) is 17.0 Å². The van der Waals surface area contributed by atoms with Crippen LogP contribution in [0.1, 0.15) is 42.3 Å². The van der Waals surface area contributed by atoms with Crippen molar-refractivity contribution in [2.45, 2.75) is 26.2 Å². The number of carbonyl (C=O) groups is 1. The van der Waals surface area contributed by atoms with Crippen LogP contribution in [0, 0.1) is 0 Å². The first kappa shape index (κ1) is 14.0. The Kier molecular flexibility index (Phi) is 3.91. The number of rotatable bonds is 2. The smallest absolute Gasteiger partial charge is 0.193 e. The predicted octanol–water partition coefficient (Wildman–Crippen LogP) is 4.98. The van der Waals surface area contributed by atoms with Crippen LogP contribution in [0.15, 0.2) is 53.0 Å². The number of hydrogen-bond acceptors (Lipinski definition) is 1. The summed E-state index contributed by atoms with van der Waals surface area (Å²) in [6, 6.07) is 15.2. The molecule has 1 nitrogen and oxygen atoms in total. The minimum absolute atomic E-state index is 0.0572. The summed E-state index contributed by atoms with van der Waals surface area (Å²) in [5.41, 5.74) is 2.70. The maximum absolute atomic E-state index is 12.3. The third-order valence-corrected chi connectivity index (χ3v) is 3.73. The zero-order valence-electron chi connectivity index (χ0n) is 11.4. The standard InChI is InChI=1S/C17H17BrO/c1-17(2,3)14-10-9-13(11-15(14)18)16(19)12-7-5-4-6-8-12/h4-11H,1-3H3. The molecule has 2 aromatic rings. The molecule has 0 saturated heterocycles. The predicted molar refractivity (Wildman–Crippen MR) is 82.7 cm³/mol. The molecule has 0 aliphatic carbocycles. The molecule has 0 saturated carbocycles. The fourth-order valence-electron chi connectivity index (χ4n) is 2.02. The molecule has 19 heavy (non-hydrogen) atoms. The number of ketones is 1. The number of carbonyl (C=O) groups excluding carboxylic acids is 1. The molecule has 98 valence electrons. The summed E-state index contributed by atoms with van der Waals surface area (Å²) in [4.78, 5) is 12.3. The van der Waals surface area contributed by atoms with Crippen molar-refractivity contribution in [3.63, 3.8) is 0 Å². The van der Waals surface area contributed by atoms with E-state index in [1.165, 1.54) is 5.56 Å². The Hall–Kier alpha value is -1.41. The summed E-state index contributed by atoms with van der Waals surface area (Å²) >= 11 is 3.57. The van der Waals surface area contributed by atoms with Crippen LogP contribution >= 0.6 is 15.9 Å². The molecule has 0 unspecified atom stereocenters. The average molecular weight is 317 g/mol. The van der Waals surface area contributed by atoms with Gasteiger partial charge in [0.2, 0.25) is 0 Å². The van der Waals surface area contributed by atoms with Gasteiger partial charge in [-0.1, -0.05) is 79.2 Å². The maximum atomic E-state index is 12.3. The van der Waals surface area contributed by atoms with Gasteiger partial charge in [-0.25, -0.2) is 0 Å². The van der Waals surface area contributed by atoms with Crippen LogP contribution in [0.2, 0.25) is 0 Å². The molecule has 0 bridgehead atoms. The Bertz CT molecular complexity index is 594. The Morgan fingerprint density at radius 2 is 1.58 bits per heavy atom. The molecule has 0 spiro atoms. The van der Waals surface area contributed by atoms with Crippen LogP contribution in [0.5, 0.6) is 0 Å². The van der Waals surface area contributed by atoms with E-state index in [1.807, 2.05) is 48.5 Å². The van der Waals surface area contributed by atoms with E-state index in [1.54, 1.807) is 0 Å². The molecule has 0 radical (unpaired) electrons. The highest BCUT2D eigenvalue weighted by Crippen LogP contribution is 2.30. The second-order valence-electron chi connectivity index (χ2n) is 5.64. The molecular formula is C17H17BrO. The van der Waals surface area contributed by atoms with E-state index in [0.29, 0.717) is 5.56 Å².